The minimum atomic E-state index is -1.67. The highest BCUT2D eigenvalue weighted by Crippen LogP contribution is 2.32. The Hall–Kier alpha value is -2.58. The Kier molecular flexibility index (Phi) is 5.98. The maximum Gasteiger partial charge on any atom is 0.278 e. The summed E-state index contributed by atoms with van der Waals surface area (Å²) in [6.07, 6.45) is 0.205. The largest absolute Gasteiger partial charge is 0.384 e. The molecule has 140 valence electrons. The topological polar surface area (TPSA) is 91.7 Å². The molecule has 0 radical (unpaired) electrons. The average Bonchev–Trinajstić information content (AvgIpc) is 3.26. The van der Waals surface area contributed by atoms with E-state index in [0.29, 0.717) is 4.88 Å². The molecule has 2 atom stereocenters. The van der Waals surface area contributed by atoms with Gasteiger partial charge in [-0.05, 0) is 23.6 Å². The van der Waals surface area contributed by atoms with Crippen molar-refractivity contribution in [3.8, 4) is 11.1 Å². The summed E-state index contributed by atoms with van der Waals surface area (Å²) in [7, 11) is 0. The number of aromatic nitrogens is 1. The molecule has 0 spiro atoms. The summed E-state index contributed by atoms with van der Waals surface area (Å²) in [5, 5.41) is 19.6. The molecule has 1 aromatic heterocycles. The molecule has 0 aliphatic carbocycles. The van der Waals surface area contributed by atoms with Crippen LogP contribution in [0.2, 0.25) is 0 Å². The Bertz CT molecular complexity index is 869. The van der Waals surface area contributed by atoms with Crippen molar-refractivity contribution in [3.05, 3.63) is 76.7 Å². The molecular formula is C20H20N2O4S. The molecule has 3 aromatic rings. The Morgan fingerprint density at radius 2 is 1.85 bits per heavy atom. The molecule has 1 heterocycles. The van der Waals surface area contributed by atoms with E-state index in [9.17, 15) is 9.90 Å². The van der Waals surface area contributed by atoms with Crippen molar-refractivity contribution in [1.82, 2.24) is 10.5 Å². The number of hydroxylamine groups is 1. The van der Waals surface area contributed by atoms with Gasteiger partial charge >= 0.3 is 0 Å². The standard InChI is InChI=1S/C20H20N2O4S/c1-20(19(24)22-25,18(23)17-11-21-13-27-17)26-12-14-7-9-16(10-8-14)15-5-3-2-4-6-15/h2-11,13,18,23,25H,12H2,1H3,(H,22,24)/t18-,20+/m1/s1. The number of ether oxygens (including phenoxy) is 1. The van der Waals surface area contributed by atoms with Gasteiger partial charge < -0.3 is 9.84 Å². The quantitative estimate of drug-likeness (QED) is 0.429. The van der Waals surface area contributed by atoms with Gasteiger partial charge in [-0.2, -0.15) is 0 Å². The highest BCUT2D eigenvalue weighted by Gasteiger charge is 2.43. The van der Waals surface area contributed by atoms with Crippen LogP contribution in [0.15, 0.2) is 66.3 Å². The van der Waals surface area contributed by atoms with E-state index in [1.807, 2.05) is 54.6 Å². The Morgan fingerprint density at radius 1 is 1.19 bits per heavy atom. The monoisotopic (exact) mass is 384 g/mol. The van der Waals surface area contributed by atoms with Gasteiger partial charge in [0.1, 0.15) is 6.10 Å². The lowest BCUT2D eigenvalue weighted by molar-refractivity contribution is -0.173. The van der Waals surface area contributed by atoms with Gasteiger partial charge in [-0.15, -0.1) is 11.3 Å². The number of carbonyl (C=O) groups excluding carboxylic acids is 1. The number of nitrogens with one attached hydrogen (secondary N) is 1. The van der Waals surface area contributed by atoms with E-state index in [-0.39, 0.29) is 6.61 Å². The van der Waals surface area contributed by atoms with Crippen LogP contribution in [0, 0.1) is 0 Å². The first-order chi connectivity index (χ1) is 13.0. The fraction of sp³-hybridized carbons (Fsp3) is 0.200. The Labute approximate surface area is 161 Å². The number of nitrogens with zero attached hydrogens (tertiary/aromatic N) is 1. The molecule has 0 aliphatic rings. The normalized spacial score (nSPS) is 14.3. The number of hydrogen-bond acceptors (Lipinski definition) is 6. The molecule has 1 amide bonds. The molecule has 0 bridgehead atoms. The van der Waals surface area contributed by atoms with Crippen LogP contribution in [0.1, 0.15) is 23.5 Å². The van der Waals surface area contributed by atoms with Crippen molar-refractivity contribution in [2.24, 2.45) is 0 Å². The van der Waals surface area contributed by atoms with Crippen LogP contribution in [-0.2, 0) is 16.1 Å². The van der Waals surface area contributed by atoms with Crippen molar-refractivity contribution < 1.29 is 19.8 Å². The van der Waals surface area contributed by atoms with Crippen LogP contribution in [0.3, 0.4) is 0 Å². The molecule has 0 saturated carbocycles. The molecule has 6 nitrogen and oxygen atoms in total. The van der Waals surface area contributed by atoms with E-state index < -0.39 is 17.6 Å². The van der Waals surface area contributed by atoms with E-state index >= 15 is 0 Å². The van der Waals surface area contributed by atoms with Gasteiger partial charge in [0.25, 0.3) is 5.91 Å². The van der Waals surface area contributed by atoms with Gasteiger partial charge in [-0.3, -0.25) is 15.0 Å². The zero-order valence-electron chi connectivity index (χ0n) is 14.7. The fourth-order valence-electron chi connectivity index (χ4n) is 2.67. The van der Waals surface area contributed by atoms with Crippen LogP contribution in [0.4, 0.5) is 0 Å². The second kappa shape index (κ2) is 8.41. The Balaban J connectivity index is 1.75. The van der Waals surface area contributed by atoms with E-state index in [0.717, 1.165) is 16.7 Å². The minimum Gasteiger partial charge on any atom is -0.384 e. The maximum atomic E-state index is 12.2. The third-order valence-electron chi connectivity index (χ3n) is 4.39. The van der Waals surface area contributed by atoms with E-state index in [2.05, 4.69) is 4.98 Å². The molecule has 27 heavy (non-hydrogen) atoms. The van der Waals surface area contributed by atoms with E-state index in [4.69, 9.17) is 9.94 Å². The summed E-state index contributed by atoms with van der Waals surface area (Å²) in [6, 6.07) is 17.7. The average molecular weight is 384 g/mol. The van der Waals surface area contributed by atoms with Crippen molar-refractivity contribution in [3.63, 3.8) is 0 Å². The number of aliphatic hydroxyl groups excluding tert-OH is 1. The second-order valence-electron chi connectivity index (χ2n) is 6.21. The number of amides is 1. The van der Waals surface area contributed by atoms with Crippen molar-refractivity contribution >= 4 is 17.2 Å². The third-order valence-corrected chi connectivity index (χ3v) is 5.22. The number of carbonyl (C=O) groups is 1. The van der Waals surface area contributed by atoms with Crippen molar-refractivity contribution in [2.75, 3.05) is 0 Å². The summed E-state index contributed by atoms with van der Waals surface area (Å²) in [6.45, 7) is 1.52. The number of benzene rings is 2. The number of thiazole rings is 1. The van der Waals surface area contributed by atoms with Crippen molar-refractivity contribution in [2.45, 2.75) is 25.2 Å². The minimum absolute atomic E-state index is 0.0921. The van der Waals surface area contributed by atoms with Crippen LogP contribution in [0.5, 0.6) is 0 Å². The molecular weight excluding hydrogens is 364 g/mol. The molecule has 0 fully saturated rings. The highest BCUT2D eigenvalue weighted by molar-refractivity contribution is 7.09. The first kappa shape index (κ1) is 19.2. The van der Waals surface area contributed by atoms with Gasteiger partial charge in [0, 0.05) is 6.20 Å². The van der Waals surface area contributed by atoms with Gasteiger partial charge in [-0.1, -0.05) is 54.6 Å². The molecule has 0 aliphatic heterocycles. The Morgan fingerprint density at radius 3 is 2.44 bits per heavy atom. The summed E-state index contributed by atoms with van der Waals surface area (Å²) in [4.78, 5) is 16.5. The number of rotatable bonds is 7. The maximum absolute atomic E-state index is 12.2. The SMILES string of the molecule is C[C@@](OCc1ccc(-c2ccccc2)cc1)(C(=O)NO)[C@H](O)c1cncs1. The zero-order chi connectivity index (χ0) is 19.3. The lowest BCUT2D eigenvalue weighted by Crippen LogP contribution is -2.49. The molecule has 7 heteroatoms. The summed E-state index contributed by atoms with van der Waals surface area (Å²) < 4.78 is 5.76. The van der Waals surface area contributed by atoms with Crippen LogP contribution in [0.25, 0.3) is 11.1 Å². The van der Waals surface area contributed by atoms with Crippen LogP contribution in [-0.4, -0.2) is 26.8 Å². The fourth-order valence-corrected chi connectivity index (χ4v) is 3.39. The lowest BCUT2D eigenvalue weighted by Gasteiger charge is -2.31. The smallest absolute Gasteiger partial charge is 0.278 e. The first-order valence-electron chi connectivity index (χ1n) is 8.34. The molecule has 0 saturated heterocycles. The van der Waals surface area contributed by atoms with Gasteiger partial charge in [0.05, 0.1) is 17.0 Å². The number of aliphatic hydroxyl groups is 1. The lowest BCUT2D eigenvalue weighted by atomic mass is 9.96. The van der Waals surface area contributed by atoms with Crippen molar-refractivity contribution in [1.29, 1.82) is 0 Å². The molecule has 3 N–H and O–H groups in total. The van der Waals surface area contributed by atoms with Gasteiger partial charge in [-0.25, -0.2) is 5.48 Å². The third kappa shape index (κ3) is 4.23. The predicted octanol–water partition coefficient (Wildman–Crippen LogP) is 3.32. The summed E-state index contributed by atoms with van der Waals surface area (Å²) in [5.74, 6) is -0.829. The van der Waals surface area contributed by atoms with Crippen LogP contribution >= 0.6 is 11.3 Å². The highest BCUT2D eigenvalue weighted by atomic mass is 32.1. The predicted molar refractivity (Wildman–Crippen MR) is 102 cm³/mol. The van der Waals surface area contributed by atoms with Gasteiger partial charge in [0.15, 0.2) is 5.60 Å². The second-order valence-corrected chi connectivity index (χ2v) is 7.12. The van der Waals surface area contributed by atoms with E-state index in [1.165, 1.54) is 24.5 Å². The summed E-state index contributed by atoms with van der Waals surface area (Å²) >= 11 is 1.20. The van der Waals surface area contributed by atoms with Crippen LogP contribution < -0.4 is 5.48 Å². The first-order valence-corrected chi connectivity index (χ1v) is 9.22. The van der Waals surface area contributed by atoms with Gasteiger partial charge in [0.2, 0.25) is 0 Å². The van der Waals surface area contributed by atoms with E-state index in [1.54, 1.807) is 11.0 Å². The summed E-state index contributed by atoms with van der Waals surface area (Å²) in [5.41, 5.74) is 4.47. The molecule has 3 rings (SSSR count). The number of hydrogen-bond donors (Lipinski definition) is 3. The molecule has 0 unspecified atom stereocenters. The zero-order valence-corrected chi connectivity index (χ0v) is 15.5. The molecule has 2 aromatic carbocycles.